The molecule has 0 radical (unpaired) electrons. The summed E-state index contributed by atoms with van der Waals surface area (Å²) in [6.07, 6.45) is 0. The van der Waals surface area contributed by atoms with Gasteiger partial charge >= 0.3 is 0 Å². The summed E-state index contributed by atoms with van der Waals surface area (Å²) >= 11 is 13.3. The number of nitrogen functional groups attached to an aromatic ring is 1. The Morgan fingerprint density at radius 2 is 2.08 bits per heavy atom. The van der Waals surface area contributed by atoms with Gasteiger partial charge in [0.05, 0.1) is 22.4 Å². The topological polar surface area (TPSA) is 89.3 Å². The molecule has 0 unspecified atom stereocenters. The third-order valence-corrected chi connectivity index (χ3v) is 4.72. The lowest BCUT2D eigenvalue weighted by Gasteiger charge is -2.09. The van der Waals surface area contributed by atoms with Gasteiger partial charge in [-0.25, -0.2) is 10.8 Å². The molecule has 6 nitrogen and oxygen atoms in total. The predicted molar refractivity (Wildman–Crippen MR) is 98.4 cm³/mol. The first kappa shape index (κ1) is 16.8. The second kappa shape index (κ2) is 6.82. The number of hydrazine groups is 1. The van der Waals surface area contributed by atoms with E-state index in [1.807, 2.05) is 0 Å². The van der Waals surface area contributed by atoms with E-state index in [-0.39, 0.29) is 10.9 Å². The summed E-state index contributed by atoms with van der Waals surface area (Å²) in [5, 5.41) is 4.08. The van der Waals surface area contributed by atoms with Crippen LogP contribution in [0.25, 0.3) is 10.2 Å². The number of halogens is 2. The molecule has 0 saturated heterocycles. The highest BCUT2D eigenvalue weighted by atomic mass is 35.5. The van der Waals surface area contributed by atoms with Crippen LogP contribution in [0, 0.1) is 0 Å². The lowest BCUT2D eigenvalue weighted by atomic mass is 10.2. The van der Waals surface area contributed by atoms with Crippen molar-refractivity contribution in [1.82, 2.24) is 4.98 Å². The number of nitrogens with zero attached hydrogens (tertiary/aromatic N) is 1. The fraction of sp³-hybridized carbons (Fsp3) is 0.0667. The Kier molecular flexibility index (Phi) is 4.77. The number of benzene rings is 2. The van der Waals surface area contributed by atoms with Gasteiger partial charge in [0.1, 0.15) is 11.3 Å². The number of rotatable bonds is 4. The number of anilines is 2. The van der Waals surface area contributed by atoms with Crippen LogP contribution in [-0.4, -0.2) is 18.0 Å². The standard InChI is InChI=1S/C15H12Cl2N4O2S/c1-23-11-5-8(6-12-13(11)20-15(21-18)24-12)19-14(22)9-3-2-7(16)4-10(9)17/h2-6H,18H2,1H3,(H,19,22)(H,20,21). The molecule has 0 fully saturated rings. The smallest absolute Gasteiger partial charge is 0.257 e. The van der Waals surface area contributed by atoms with Crippen LogP contribution >= 0.6 is 34.5 Å². The Labute approximate surface area is 151 Å². The summed E-state index contributed by atoms with van der Waals surface area (Å²) in [6, 6.07) is 8.17. The second-order valence-electron chi connectivity index (χ2n) is 4.77. The van der Waals surface area contributed by atoms with Crippen molar-refractivity contribution >= 4 is 61.5 Å². The van der Waals surface area contributed by atoms with Gasteiger partial charge in [0, 0.05) is 16.8 Å². The van der Waals surface area contributed by atoms with Gasteiger partial charge in [0.2, 0.25) is 0 Å². The first-order chi connectivity index (χ1) is 11.5. The highest BCUT2D eigenvalue weighted by Gasteiger charge is 2.15. The number of fused-ring (bicyclic) bond motifs is 1. The first-order valence-electron chi connectivity index (χ1n) is 6.73. The van der Waals surface area contributed by atoms with E-state index in [0.717, 1.165) is 4.70 Å². The largest absolute Gasteiger partial charge is 0.494 e. The molecule has 3 rings (SSSR count). The van der Waals surface area contributed by atoms with Gasteiger partial charge in [-0.1, -0.05) is 34.5 Å². The van der Waals surface area contributed by atoms with Gasteiger partial charge in [-0.2, -0.15) is 0 Å². The number of aromatic nitrogens is 1. The molecule has 124 valence electrons. The maximum atomic E-state index is 12.4. The summed E-state index contributed by atoms with van der Waals surface area (Å²) in [5.41, 5.74) is 4.05. The lowest BCUT2D eigenvalue weighted by Crippen LogP contribution is -2.12. The highest BCUT2D eigenvalue weighted by molar-refractivity contribution is 7.22. The molecule has 0 bridgehead atoms. The van der Waals surface area contributed by atoms with Crippen molar-refractivity contribution in [2.75, 3.05) is 17.9 Å². The van der Waals surface area contributed by atoms with Crippen LogP contribution < -0.4 is 21.3 Å². The minimum atomic E-state index is -0.347. The Morgan fingerprint density at radius 1 is 1.29 bits per heavy atom. The fourth-order valence-corrected chi connectivity index (χ4v) is 3.49. The Bertz CT molecular complexity index is 929. The zero-order valence-electron chi connectivity index (χ0n) is 12.4. The van der Waals surface area contributed by atoms with Gasteiger partial charge in [0.15, 0.2) is 5.13 Å². The van der Waals surface area contributed by atoms with E-state index in [4.69, 9.17) is 33.8 Å². The van der Waals surface area contributed by atoms with E-state index in [1.165, 1.54) is 24.5 Å². The van der Waals surface area contributed by atoms with Crippen molar-refractivity contribution in [3.05, 3.63) is 45.9 Å². The third kappa shape index (κ3) is 3.25. The maximum absolute atomic E-state index is 12.4. The number of hydrogen-bond donors (Lipinski definition) is 3. The van der Waals surface area contributed by atoms with E-state index in [2.05, 4.69) is 15.7 Å². The molecule has 3 aromatic rings. The molecule has 2 aromatic carbocycles. The van der Waals surface area contributed by atoms with E-state index < -0.39 is 0 Å². The molecule has 0 aliphatic carbocycles. The fourth-order valence-electron chi connectivity index (χ4n) is 2.16. The molecule has 4 N–H and O–H groups in total. The number of thiazole rings is 1. The van der Waals surface area contributed by atoms with Crippen molar-refractivity contribution in [3.63, 3.8) is 0 Å². The Hall–Kier alpha value is -2.06. The molecule has 1 heterocycles. The summed E-state index contributed by atoms with van der Waals surface area (Å²) < 4.78 is 6.15. The number of amides is 1. The second-order valence-corrected chi connectivity index (χ2v) is 6.64. The monoisotopic (exact) mass is 382 g/mol. The normalized spacial score (nSPS) is 10.7. The number of nitrogens with two attached hydrogens (primary N) is 1. The van der Waals surface area contributed by atoms with Gasteiger partial charge in [-0.3, -0.25) is 10.2 Å². The van der Waals surface area contributed by atoms with Crippen molar-refractivity contribution < 1.29 is 9.53 Å². The third-order valence-electron chi connectivity index (χ3n) is 3.24. The van der Waals surface area contributed by atoms with Crippen LogP contribution in [0.4, 0.5) is 10.8 Å². The van der Waals surface area contributed by atoms with Crippen molar-refractivity contribution in [2.24, 2.45) is 5.84 Å². The number of methoxy groups -OCH3 is 1. The van der Waals surface area contributed by atoms with Crippen LogP contribution in [0.2, 0.25) is 10.0 Å². The van der Waals surface area contributed by atoms with Gasteiger partial charge in [-0.05, 0) is 24.3 Å². The lowest BCUT2D eigenvalue weighted by molar-refractivity contribution is 0.102. The van der Waals surface area contributed by atoms with Crippen LogP contribution in [0.5, 0.6) is 5.75 Å². The molecule has 0 spiro atoms. The van der Waals surface area contributed by atoms with E-state index >= 15 is 0 Å². The van der Waals surface area contributed by atoms with Gasteiger partial charge in [0.25, 0.3) is 5.91 Å². The number of ether oxygens (including phenoxy) is 1. The van der Waals surface area contributed by atoms with Crippen molar-refractivity contribution in [3.8, 4) is 5.75 Å². The van der Waals surface area contributed by atoms with Crippen molar-refractivity contribution in [2.45, 2.75) is 0 Å². The number of carbonyl (C=O) groups is 1. The zero-order valence-corrected chi connectivity index (χ0v) is 14.7. The number of carbonyl (C=O) groups excluding carboxylic acids is 1. The molecule has 0 aliphatic rings. The predicted octanol–water partition coefficient (Wildman–Crippen LogP) is 4.15. The van der Waals surface area contributed by atoms with Gasteiger partial charge in [-0.15, -0.1) is 0 Å². The average molecular weight is 383 g/mol. The van der Waals surface area contributed by atoms with Gasteiger partial charge < -0.3 is 10.1 Å². The maximum Gasteiger partial charge on any atom is 0.257 e. The van der Waals surface area contributed by atoms with Crippen LogP contribution in [-0.2, 0) is 0 Å². The molecule has 0 atom stereocenters. The minimum Gasteiger partial charge on any atom is -0.494 e. The van der Waals surface area contributed by atoms with E-state index in [9.17, 15) is 4.79 Å². The quantitative estimate of drug-likeness (QED) is 0.465. The van der Waals surface area contributed by atoms with E-state index in [1.54, 1.807) is 24.3 Å². The van der Waals surface area contributed by atoms with Crippen molar-refractivity contribution in [1.29, 1.82) is 0 Å². The summed E-state index contributed by atoms with van der Waals surface area (Å²) in [5.74, 6) is 5.57. The molecule has 1 aromatic heterocycles. The minimum absolute atomic E-state index is 0.278. The molecular weight excluding hydrogens is 371 g/mol. The van der Waals surface area contributed by atoms with E-state index in [0.29, 0.717) is 32.7 Å². The summed E-state index contributed by atoms with van der Waals surface area (Å²) in [6.45, 7) is 0. The molecule has 9 heteroatoms. The SMILES string of the molecule is COc1cc(NC(=O)c2ccc(Cl)cc2Cl)cc2sc(NN)nc12. The number of nitrogens with one attached hydrogen (secondary N) is 2. The molecule has 1 amide bonds. The van der Waals surface area contributed by atoms with Crippen LogP contribution in [0.1, 0.15) is 10.4 Å². The molecule has 24 heavy (non-hydrogen) atoms. The van der Waals surface area contributed by atoms with Crippen LogP contribution in [0.3, 0.4) is 0 Å². The summed E-state index contributed by atoms with van der Waals surface area (Å²) in [4.78, 5) is 16.7. The van der Waals surface area contributed by atoms with Crippen LogP contribution in [0.15, 0.2) is 30.3 Å². The molecule has 0 saturated carbocycles. The zero-order chi connectivity index (χ0) is 17.3. The molecule has 0 aliphatic heterocycles. The highest BCUT2D eigenvalue weighted by Crippen LogP contribution is 2.35. The Balaban J connectivity index is 1.95. The average Bonchev–Trinajstić information content (AvgIpc) is 2.97. The Morgan fingerprint density at radius 3 is 2.75 bits per heavy atom. The number of hydrogen-bond acceptors (Lipinski definition) is 6. The first-order valence-corrected chi connectivity index (χ1v) is 8.30. The molecular formula is C15H12Cl2N4O2S. The summed E-state index contributed by atoms with van der Waals surface area (Å²) in [7, 11) is 1.53.